The fraction of sp³-hybridized carbons (Fsp3) is 0.391. The van der Waals surface area contributed by atoms with Crippen LogP contribution in [0.1, 0.15) is 38.4 Å². The summed E-state index contributed by atoms with van der Waals surface area (Å²) in [6, 6.07) is 12.3. The first-order valence-electron chi connectivity index (χ1n) is 10.7. The van der Waals surface area contributed by atoms with Gasteiger partial charge in [-0.15, -0.1) is 0 Å². The number of nitro groups is 1. The molecule has 0 saturated carbocycles. The van der Waals surface area contributed by atoms with Gasteiger partial charge < -0.3 is 14.2 Å². The van der Waals surface area contributed by atoms with Crippen LogP contribution in [-0.4, -0.2) is 28.2 Å². The number of aryl methyl sites for hydroxylation is 1. The maximum atomic E-state index is 11.6. The number of hydrogen-bond acceptors (Lipinski definition) is 7. The molecule has 31 heavy (non-hydrogen) atoms. The van der Waals surface area contributed by atoms with Gasteiger partial charge in [0.25, 0.3) is 11.6 Å². The van der Waals surface area contributed by atoms with E-state index in [1.54, 1.807) is 19.1 Å². The van der Waals surface area contributed by atoms with Crippen molar-refractivity contribution in [3.8, 4) is 23.0 Å². The van der Waals surface area contributed by atoms with Crippen molar-refractivity contribution in [1.82, 2.24) is 10.1 Å². The molecule has 1 saturated heterocycles. The van der Waals surface area contributed by atoms with Gasteiger partial charge in [-0.1, -0.05) is 31.0 Å². The molecule has 8 nitrogen and oxygen atoms in total. The summed E-state index contributed by atoms with van der Waals surface area (Å²) in [5.41, 5.74) is 1.47. The van der Waals surface area contributed by atoms with Crippen LogP contribution in [0.3, 0.4) is 0 Å². The second-order valence-corrected chi connectivity index (χ2v) is 7.90. The van der Waals surface area contributed by atoms with E-state index in [1.807, 2.05) is 24.3 Å². The van der Waals surface area contributed by atoms with Gasteiger partial charge in [0.2, 0.25) is 0 Å². The van der Waals surface area contributed by atoms with Crippen molar-refractivity contribution in [1.29, 1.82) is 0 Å². The van der Waals surface area contributed by atoms with Crippen molar-refractivity contribution in [2.75, 3.05) is 18.0 Å². The summed E-state index contributed by atoms with van der Waals surface area (Å²) in [6.45, 7) is 5.60. The molecule has 0 aliphatic carbocycles. The Morgan fingerprint density at radius 3 is 2.65 bits per heavy atom. The minimum absolute atomic E-state index is 0.108. The third-order valence-electron chi connectivity index (χ3n) is 5.64. The highest BCUT2D eigenvalue weighted by Gasteiger charge is 2.25. The van der Waals surface area contributed by atoms with E-state index < -0.39 is 0 Å². The van der Waals surface area contributed by atoms with Crippen molar-refractivity contribution in [2.24, 2.45) is 5.92 Å². The van der Waals surface area contributed by atoms with Gasteiger partial charge in [0.15, 0.2) is 5.82 Å². The minimum atomic E-state index is -0.324. The predicted molar refractivity (Wildman–Crippen MR) is 117 cm³/mol. The Bertz CT molecular complexity index is 1060. The Balaban J connectivity index is 1.56. The van der Waals surface area contributed by atoms with Crippen LogP contribution in [0.4, 0.5) is 11.4 Å². The Morgan fingerprint density at radius 1 is 1.19 bits per heavy atom. The van der Waals surface area contributed by atoms with Crippen molar-refractivity contribution in [3.63, 3.8) is 0 Å². The van der Waals surface area contributed by atoms with Gasteiger partial charge >= 0.3 is 0 Å². The Hall–Kier alpha value is -3.42. The number of benzene rings is 2. The van der Waals surface area contributed by atoms with Crippen LogP contribution in [-0.2, 0) is 0 Å². The van der Waals surface area contributed by atoms with Gasteiger partial charge in [-0.3, -0.25) is 10.1 Å². The quantitative estimate of drug-likeness (QED) is 0.353. The average Bonchev–Trinajstić information content (AvgIpc) is 3.21. The first-order chi connectivity index (χ1) is 15.0. The Kier molecular flexibility index (Phi) is 6.16. The summed E-state index contributed by atoms with van der Waals surface area (Å²) in [6.07, 6.45) is 4.51. The number of ether oxygens (including phenoxy) is 1. The van der Waals surface area contributed by atoms with Gasteiger partial charge in [0.05, 0.1) is 4.92 Å². The molecule has 0 spiro atoms. The van der Waals surface area contributed by atoms with E-state index in [0.29, 0.717) is 34.8 Å². The first-order valence-corrected chi connectivity index (χ1v) is 10.7. The number of piperidine rings is 1. The molecule has 2 aromatic carbocycles. The van der Waals surface area contributed by atoms with Crippen LogP contribution in [0.2, 0.25) is 0 Å². The molecule has 1 aromatic heterocycles. The van der Waals surface area contributed by atoms with E-state index in [9.17, 15) is 10.1 Å². The van der Waals surface area contributed by atoms with Crippen LogP contribution >= 0.6 is 0 Å². The summed E-state index contributed by atoms with van der Waals surface area (Å²) in [4.78, 5) is 17.6. The zero-order valence-corrected chi connectivity index (χ0v) is 17.8. The van der Waals surface area contributed by atoms with Gasteiger partial charge in [0, 0.05) is 30.8 Å². The number of anilines is 1. The van der Waals surface area contributed by atoms with Crippen molar-refractivity contribution >= 4 is 11.4 Å². The van der Waals surface area contributed by atoms with E-state index >= 15 is 0 Å². The maximum Gasteiger partial charge on any atom is 0.292 e. The zero-order chi connectivity index (χ0) is 21.8. The molecule has 0 amide bonds. The minimum Gasteiger partial charge on any atom is -0.457 e. The summed E-state index contributed by atoms with van der Waals surface area (Å²) in [7, 11) is 0. The third kappa shape index (κ3) is 4.84. The highest BCUT2D eigenvalue weighted by Crippen LogP contribution is 2.37. The first kappa shape index (κ1) is 20.8. The smallest absolute Gasteiger partial charge is 0.292 e. The molecule has 0 atom stereocenters. The number of nitro benzene ring substituents is 1. The molecule has 0 unspecified atom stereocenters. The molecule has 1 fully saturated rings. The monoisotopic (exact) mass is 422 g/mol. The number of aromatic nitrogens is 2. The fourth-order valence-electron chi connectivity index (χ4n) is 4.09. The molecular weight excluding hydrogens is 396 g/mol. The average molecular weight is 422 g/mol. The van der Waals surface area contributed by atoms with E-state index in [2.05, 4.69) is 22.0 Å². The summed E-state index contributed by atoms with van der Waals surface area (Å²) < 4.78 is 11.3. The lowest BCUT2D eigenvalue weighted by Gasteiger charge is -2.33. The normalized spacial score (nSPS) is 14.6. The van der Waals surface area contributed by atoms with E-state index in [0.717, 1.165) is 31.5 Å². The molecule has 0 bridgehead atoms. The number of nitrogens with zero attached hydrogens (tertiary/aromatic N) is 4. The van der Waals surface area contributed by atoms with Crippen molar-refractivity contribution in [2.45, 2.75) is 39.5 Å². The lowest BCUT2D eigenvalue weighted by atomic mass is 9.92. The maximum absolute atomic E-state index is 11.6. The number of hydrogen-bond donors (Lipinski definition) is 0. The number of rotatable bonds is 7. The largest absolute Gasteiger partial charge is 0.457 e. The van der Waals surface area contributed by atoms with Crippen LogP contribution in [0.25, 0.3) is 11.5 Å². The third-order valence-corrected chi connectivity index (χ3v) is 5.64. The van der Waals surface area contributed by atoms with E-state index in [1.165, 1.54) is 18.9 Å². The molecule has 1 aliphatic heterocycles. The molecular formula is C23H26N4O4. The molecule has 0 radical (unpaired) electrons. The molecule has 2 heterocycles. The van der Waals surface area contributed by atoms with Crippen LogP contribution in [0.15, 0.2) is 47.0 Å². The van der Waals surface area contributed by atoms with Gasteiger partial charge in [-0.2, -0.15) is 4.98 Å². The Morgan fingerprint density at radius 2 is 1.97 bits per heavy atom. The van der Waals surface area contributed by atoms with Gasteiger partial charge in [-0.25, -0.2) is 0 Å². The molecule has 162 valence electrons. The summed E-state index contributed by atoms with van der Waals surface area (Å²) in [5.74, 6) is 2.83. The molecule has 0 N–H and O–H groups in total. The van der Waals surface area contributed by atoms with Gasteiger partial charge in [-0.05, 0) is 49.9 Å². The second-order valence-electron chi connectivity index (χ2n) is 7.90. The lowest BCUT2D eigenvalue weighted by Crippen LogP contribution is -2.34. The Labute approximate surface area is 181 Å². The SMILES string of the molecule is CCCC1CCN(c2cc(Oc3cccc(-c4nc(C)no4)c3)ccc2[N+](=O)[O-])CC1. The van der Waals surface area contributed by atoms with Crippen LogP contribution < -0.4 is 9.64 Å². The molecule has 1 aliphatic rings. The zero-order valence-electron chi connectivity index (χ0n) is 17.8. The van der Waals surface area contributed by atoms with E-state index in [-0.39, 0.29) is 10.6 Å². The van der Waals surface area contributed by atoms with E-state index in [4.69, 9.17) is 9.26 Å². The van der Waals surface area contributed by atoms with Crippen molar-refractivity contribution < 1.29 is 14.2 Å². The van der Waals surface area contributed by atoms with Crippen LogP contribution in [0.5, 0.6) is 11.5 Å². The topological polar surface area (TPSA) is 94.5 Å². The molecule has 4 rings (SSSR count). The standard InChI is InChI=1S/C23H26N4O4/c1-3-5-17-10-12-26(13-11-17)22-15-20(8-9-21(22)27(28)29)30-19-7-4-6-18(14-19)23-24-16(2)25-31-23/h4,6-9,14-15,17H,3,5,10-13H2,1-2H3. The summed E-state index contributed by atoms with van der Waals surface area (Å²) >= 11 is 0. The lowest BCUT2D eigenvalue weighted by molar-refractivity contribution is -0.384. The highest BCUT2D eigenvalue weighted by molar-refractivity contribution is 5.66. The van der Waals surface area contributed by atoms with Crippen molar-refractivity contribution in [3.05, 3.63) is 58.4 Å². The fourth-order valence-corrected chi connectivity index (χ4v) is 4.09. The highest BCUT2D eigenvalue weighted by atomic mass is 16.6. The predicted octanol–water partition coefficient (Wildman–Crippen LogP) is 5.76. The van der Waals surface area contributed by atoms with Crippen LogP contribution in [0, 0.1) is 23.0 Å². The van der Waals surface area contributed by atoms with Gasteiger partial charge in [0.1, 0.15) is 17.2 Å². The second kappa shape index (κ2) is 9.16. The summed E-state index contributed by atoms with van der Waals surface area (Å²) in [5, 5.41) is 15.4. The molecule has 8 heteroatoms. The molecule has 3 aromatic rings.